The van der Waals surface area contributed by atoms with E-state index in [-0.39, 0.29) is 17.8 Å². The molecule has 6 rings (SSSR count). The van der Waals surface area contributed by atoms with E-state index in [1.807, 2.05) is 83.8 Å². The first-order chi connectivity index (χ1) is 20.0. The second kappa shape index (κ2) is 11.1. The number of hydrogen-bond acceptors (Lipinski definition) is 7. The van der Waals surface area contributed by atoms with Gasteiger partial charge in [0.2, 0.25) is 0 Å². The first-order valence-electron chi connectivity index (χ1n) is 12.8. The van der Waals surface area contributed by atoms with E-state index in [1.54, 1.807) is 25.4 Å². The molecule has 9 nitrogen and oxygen atoms in total. The molecule has 0 spiro atoms. The lowest BCUT2D eigenvalue weighted by Crippen LogP contribution is -2.29. The normalized spacial score (nSPS) is 16.3. The van der Waals surface area contributed by atoms with Gasteiger partial charge < -0.3 is 24.1 Å². The van der Waals surface area contributed by atoms with Crippen LogP contribution in [0.25, 0.3) is 11.3 Å². The van der Waals surface area contributed by atoms with Crippen molar-refractivity contribution in [3.05, 3.63) is 131 Å². The molecule has 2 atom stereocenters. The van der Waals surface area contributed by atoms with Crippen LogP contribution in [0.3, 0.4) is 0 Å². The van der Waals surface area contributed by atoms with Crippen LogP contribution in [0.2, 0.25) is 0 Å². The first-order valence-corrected chi connectivity index (χ1v) is 13.2. The average Bonchev–Trinajstić information content (AvgIpc) is 3.63. The number of furan rings is 1. The van der Waals surface area contributed by atoms with Gasteiger partial charge in [-0.1, -0.05) is 18.2 Å². The number of benzene rings is 3. The lowest BCUT2D eigenvalue weighted by atomic mass is 10.0. The summed E-state index contributed by atoms with van der Waals surface area (Å²) in [6, 6.07) is 30.1. The Labute approximate surface area is 241 Å². The molecule has 0 amide bonds. The number of nitro benzene ring substituents is 1. The topological polar surface area (TPSA) is 103 Å². The number of nitro groups is 1. The zero-order valence-electron chi connectivity index (χ0n) is 21.8. The van der Waals surface area contributed by atoms with Gasteiger partial charge in [-0.05, 0) is 85.0 Å². The SMILES string of the molecule is COc1ccc(Oc2ccc(N3C(=S)N[C@@H](c4ccccn4)[C@@H]3c3ccc(-c4cccc([N+](=O)[O-])c4)o3)cc2)cc1. The molecule has 0 unspecified atom stereocenters. The van der Waals surface area contributed by atoms with E-state index < -0.39 is 4.92 Å². The number of rotatable bonds is 8. The van der Waals surface area contributed by atoms with E-state index in [4.69, 9.17) is 26.1 Å². The largest absolute Gasteiger partial charge is 0.497 e. The monoisotopic (exact) mass is 564 g/mol. The third-order valence-electron chi connectivity index (χ3n) is 6.77. The quantitative estimate of drug-likeness (QED) is 0.119. The van der Waals surface area contributed by atoms with Gasteiger partial charge in [-0.25, -0.2) is 0 Å². The maximum Gasteiger partial charge on any atom is 0.270 e. The lowest BCUT2D eigenvalue weighted by Gasteiger charge is -2.26. The third-order valence-corrected chi connectivity index (χ3v) is 7.08. The molecule has 10 heteroatoms. The van der Waals surface area contributed by atoms with Crippen LogP contribution in [-0.2, 0) is 0 Å². The molecule has 2 aromatic heterocycles. The highest BCUT2D eigenvalue weighted by molar-refractivity contribution is 7.80. The summed E-state index contributed by atoms with van der Waals surface area (Å²) in [4.78, 5) is 17.5. The fourth-order valence-electron chi connectivity index (χ4n) is 4.82. The smallest absolute Gasteiger partial charge is 0.270 e. The Morgan fingerprint density at radius 3 is 2.34 bits per heavy atom. The Morgan fingerprint density at radius 1 is 0.927 bits per heavy atom. The number of non-ortho nitro benzene ring substituents is 1. The zero-order valence-corrected chi connectivity index (χ0v) is 22.7. The number of pyridine rings is 1. The minimum absolute atomic E-state index is 0.00546. The van der Waals surface area contributed by atoms with Gasteiger partial charge in [0.15, 0.2) is 5.11 Å². The standard InChI is InChI=1S/C31H24N4O5S/c1-38-23-12-14-25(15-13-23)39-24-10-8-21(9-11-24)34-30(29(33-31(34)41)26-7-2-3-18-32-26)28-17-16-27(40-28)20-5-4-6-22(19-20)35(36)37/h2-19,29-30H,1H3,(H,33,41)/t29-,30-/m0/s1. The van der Waals surface area contributed by atoms with Crippen molar-refractivity contribution in [1.82, 2.24) is 10.3 Å². The van der Waals surface area contributed by atoms with Gasteiger partial charge in [-0.2, -0.15) is 0 Å². The van der Waals surface area contributed by atoms with Crippen molar-refractivity contribution in [3.63, 3.8) is 0 Å². The highest BCUT2D eigenvalue weighted by Crippen LogP contribution is 2.43. The number of aromatic nitrogens is 1. The van der Waals surface area contributed by atoms with Crippen LogP contribution in [0.4, 0.5) is 11.4 Å². The van der Waals surface area contributed by atoms with Crippen molar-refractivity contribution in [3.8, 4) is 28.6 Å². The van der Waals surface area contributed by atoms with Gasteiger partial charge in [0.25, 0.3) is 5.69 Å². The lowest BCUT2D eigenvalue weighted by molar-refractivity contribution is -0.384. The summed E-state index contributed by atoms with van der Waals surface area (Å²) in [7, 11) is 1.62. The van der Waals surface area contributed by atoms with Crippen LogP contribution < -0.4 is 19.7 Å². The van der Waals surface area contributed by atoms with E-state index in [1.165, 1.54) is 12.1 Å². The number of ether oxygens (including phenoxy) is 2. The molecule has 0 saturated carbocycles. The van der Waals surface area contributed by atoms with Gasteiger partial charge in [-0.15, -0.1) is 0 Å². The molecule has 1 N–H and O–H groups in total. The Bertz CT molecular complexity index is 1690. The van der Waals surface area contributed by atoms with Gasteiger partial charge in [0, 0.05) is 29.6 Å². The number of methoxy groups -OCH3 is 1. The van der Waals surface area contributed by atoms with Crippen LogP contribution in [0.5, 0.6) is 17.2 Å². The van der Waals surface area contributed by atoms with E-state index >= 15 is 0 Å². The van der Waals surface area contributed by atoms with E-state index in [9.17, 15) is 10.1 Å². The van der Waals surface area contributed by atoms with Crippen molar-refractivity contribution in [2.45, 2.75) is 12.1 Å². The summed E-state index contributed by atoms with van der Waals surface area (Å²) >= 11 is 5.81. The van der Waals surface area contributed by atoms with Crippen molar-refractivity contribution in [1.29, 1.82) is 0 Å². The predicted octanol–water partition coefficient (Wildman–Crippen LogP) is 7.23. The molecular weight excluding hydrogens is 540 g/mol. The van der Waals surface area contributed by atoms with Crippen molar-refractivity contribution < 1.29 is 18.8 Å². The van der Waals surface area contributed by atoms with Crippen LogP contribution in [0.1, 0.15) is 23.5 Å². The minimum Gasteiger partial charge on any atom is -0.497 e. The Morgan fingerprint density at radius 2 is 1.66 bits per heavy atom. The fraction of sp³-hybridized carbons (Fsp3) is 0.0968. The van der Waals surface area contributed by atoms with Crippen LogP contribution >= 0.6 is 12.2 Å². The number of thiocarbonyl (C=S) groups is 1. The molecule has 3 heterocycles. The molecule has 1 fully saturated rings. The zero-order chi connectivity index (χ0) is 28.3. The number of hydrogen-bond donors (Lipinski definition) is 1. The molecule has 1 saturated heterocycles. The molecule has 3 aromatic carbocycles. The maximum atomic E-state index is 11.3. The summed E-state index contributed by atoms with van der Waals surface area (Å²) in [5.41, 5.74) is 2.24. The Balaban J connectivity index is 1.33. The summed E-state index contributed by atoms with van der Waals surface area (Å²) in [5, 5.41) is 15.2. The predicted molar refractivity (Wildman–Crippen MR) is 158 cm³/mol. The van der Waals surface area contributed by atoms with Crippen LogP contribution in [0, 0.1) is 10.1 Å². The molecule has 41 heavy (non-hydrogen) atoms. The van der Waals surface area contributed by atoms with Gasteiger partial charge in [-0.3, -0.25) is 15.1 Å². The van der Waals surface area contributed by atoms with Crippen molar-refractivity contribution in [2.75, 3.05) is 12.0 Å². The van der Waals surface area contributed by atoms with E-state index in [0.29, 0.717) is 33.7 Å². The molecule has 0 radical (unpaired) electrons. The maximum absolute atomic E-state index is 11.3. The fourth-order valence-corrected chi connectivity index (χ4v) is 5.16. The van der Waals surface area contributed by atoms with Crippen molar-refractivity contribution >= 4 is 28.7 Å². The van der Waals surface area contributed by atoms with Crippen LogP contribution in [0.15, 0.2) is 114 Å². The molecule has 0 bridgehead atoms. The summed E-state index contributed by atoms with van der Waals surface area (Å²) in [6.45, 7) is 0. The van der Waals surface area contributed by atoms with E-state index in [0.717, 1.165) is 17.1 Å². The minimum atomic E-state index is -0.423. The number of nitrogens with one attached hydrogen (secondary N) is 1. The highest BCUT2D eigenvalue weighted by Gasteiger charge is 2.42. The molecule has 204 valence electrons. The summed E-state index contributed by atoms with van der Waals surface area (Å²) in [6.07, 6.45) is 1.74. The number of anilines is 1. The molecule has 0 aliphatic carbocycles. The average molecular weight is 565 g/mol. The van der Waals surface area contributed by atoms with Gasteiger partial charge in [0.05, 0.1) is 23.8 Å². The van der Waals surface area contributed by atoms with Crippen molar-refractivity contribution in [2.24, 2.45) is 0 Å². The van der Waals surface area contributed by atoms with Gasteiger partial charge >= 0.3 is 0 Å². The van der Waals surface area contributed by atoms with Gasteiger partial charge in [0.1, 0.15) is 34.8 Å². The first kappa shape index (κ1) is 26.0. The molecule has 1 aliphatic rings. The molecule has 1 aliphatic heterocycles. The van der Waals surface area contributed by atoms with E-state index in [2.05, 4.69) is 10.3 Å². The Hall–Kier alpha value is -5.22. The second-order valence-corrected chi connectivity index (χ2v) is 9.66. The highest BCUT2D eigenvalue weighted by atomic mass is 32.1. The third kappa shape index (κ3) is 5.32. The molecular formula is C31H24N4O5S. The summed E-state index contributed by atoms with van der Waals surface area (Å²) in [5.74, 6) is 3.26. The number of nitrogens with zero attached hydrogens (tertiary/aromatic N) is 3. The van der Waals surface area contributed by atoms with Crippen LogP contribution in [-0.4, -0.2) is 22.1 Å². The molecule has 5 aromatic rings. The second-order valence-electron chi connectivity index (χ2n) is 9.28. The summed E-state index contributed by atoms with van der Waals surface area (Å²) < 4.78 is 17.6. The Kier molecular flexibility index (Phi) is 7.05.